The number of hydrazone groups is 1. The van der Waals surface area contributed by atoms with E-state index in [0.717, 1.165) is 24.2 Å². The summed E-state index contributed by atoms with van der Waals surface area (Å²) in [4.78, 5) is 2.33. The van der Waals surface area contributed by atoms with Gasteiger partial charge in [0.1, 0.15) is 7.05 Å². The van der Waals surface area contributed by atoms with E-state index in [-0.39, 0.29) is 0 Å². The molecule has 0 spiro atoms. The highest BCUT2D eigenvalue weighted by atomic mass is 15.4. The van der Waals surface area contributed by atoms with Crippen LogP contribution in [0.15, 0.2) is 47.8 Å². The number of aromatic nitrogens is 1. The predicted octanol–water partition coefficient (Wildman–Crippen LogP) is 2.36. The van der Waals surface area contributed by atoms with Crippen molar-refractivity contribution in [2.75, 3.05) is 30.5 Å². The number of nitrogens with zero attached hydrogens (tertiary/aromatic N) is 4. The molecule has 1 aliphatic heterocycles. The van der Waals surface area contributed by atoms with E-state index < -0.39 is 0 Å². The maximum Gasteiger partial charge on any atom is 0.169 e. The van der Waals surface area contributed by atoms with Crippen LogP contribution in [0.3, 0.4) is 0 Å². The van der Waals surface area contributed by atoms with Crippen LogP contribution in [0.1, 0.15) is 17.5 Å². The van der Waals surface area contributed by atoms with Gasteiger partial charge < -0.3 is 4.90 Å². The SMILES string of the molecule is CN1CCCc2cc(N(C)/N=C/c3cc[n+](C)cc3)ccc21. The minimum Gasteiger partial charge on any atom is -0.374 e. The first-order valence-electron chi connectivity index (χ1n) is 7.70. The molecule has 0 fully saturated rings. The molecular weight excluding hydrogens is 272 g/mol. The summed E-state index contributed by atoms with van der Waals surface area (Å²) < 4.78 is 2.01. The Balaban J connectivity index is 1.77. The van der Waals surface area contributed by atoms with Gasteiger partial charge in [-0.1, -0.05) is 0 Å². The van der Waals surface area contributed by atoms with E-state index in [1.165, 1.54) is 17.7 Å². The highest BCUT2D eigenvalue weighted by Crippen LogP contribution is 2.29. The number of anilines is 2. The summed E-state index contributed by atoms with van der Waals surface area (Å²) in [6.45, 7) is 1.14. The molecule has 1 aliphatic rings. The lowest BCUT2D eigenvalue weighted by Crippen LogP contribution is -2.26. The topological polar surface area (TPSA) is 22.7 Å². The maximum atomic E-state index is 4.55. The zero-order chi connectivity index (χ0) is 15.5. The van der Waals surface area contributed by atoms with Gasteiger partial charge in [-0.05, 0) is 36.6 Å². The fraction of sp³-hybridized carbons (Fsp3) is 0.333. The second-order valence-corrected chi connectivity index (χ2v) is 5.90. The van der Waals surface area contributed by atoms with E-state index in [9.17, 15) is 0 Å². The lowest BCUT2D eigenvalue weighted by Gasteiger charge is -2.28. The van der Waals surface area contributed by atoms with Crippen molar-refractivity contribution in [3.8, 4) is 0 Å². The zero-order valence-corrected chi connectivity index (χ0v) is 13.5. The molecule has 0 saturated carbocycles. The van der Waals surface area contributed by atoms with Crippen LogP contribution in [0.25, 0.3) is 0 Å². The standard InChI is InChI=1S/C18H23N4/c1-20-11-8-15(9-12-20)14-19-22(3)17-6-7-18-16(13-17)5-4-10-21(18)2/h6-9,11-14H,4-5,10H2,1-3H3/q+1. The Kier molecular flexibility index (Phi) is 4.09. The Hall–Kier alpha value is -2.36. The van der Waals surface area contributed by atoms with Gasteiger partial charge in [-0.2, -0.15) is 5.10 Å². The van der Waals surface area contributed by atoms with Gasteiger partial charge in [0, 0.05) is 44.0 Å². The molecule has 3 rings (SSSR count). The molecule has 0 aliphatic carbocycles. The lowest BCUT2D eigenvalue weighted by molar-refractivity contribution is -0.671. The number of benzene rings is 1. The highest BCUT2D eigenvalue weighted by molar-refractivity contribution is 5.80. The Morgan fingerprint density at radius 1 is 1.23 bits per heavy atom. The third-order valence-electron chi connectivity index (χ3n) is 4.17. The number of hydrogen-bond acceptors (Lipinski definition) is 3. The molecule has 0 radical (unpaired) electrons. The van der Waals surface area contributed by atoms with Crippen LogP contribution >= 0.6 is 0 Å². The first-order chi connectivity index (χ1) is 10.6. The van der Waals surface area contributed by atoms with Crippen LogP contribution in [0, 0.1) is 0 Å². The quantitative estimate of drug-likeness (QED) is 0.493. The molecule has 22 heavy (non-hydrogen) atoms. The summed E-state index contributed by atoms with van der Waals surface area (Å²) in [6, 6.07) is 10.7. The number of fused-ring (bicyclic) bond motifs is 1. The second kappa shape index (κ2) is 6.18. The molecule has 114 valence electrons. The zero-order valence-electron chi connectivity index (χ0n) is 13.5. The molecule has 2 aromatic rings. The molecular formula is C18H23N4+. The molecule has 0 amide bonds. The van der Waals surface area contributed by atoms with Gasteiger partial charge in [0.15, 0.2) is 12.4 Å². The van der Waals surface area contributed by atoms with Crippen molar-refractivity contribution in [3.63, 3.8) is 0 Å². The van der Waals surface area contributed by atoms with Crippen LogP contribution in [-0.4, -0.2) is 26.9 Å². The monoisotopic (exact) mass is 295 g/mol. The minimum absolute atomic E-state index is 1.10. The van der Waals surface area contributed by atoms with Crippen molar-refractivity contribution < 1.29 is 4.57 Å². The summed E-state index contributed by atoms with van der Waals surface area (Å²) in [6.07, 6.45) is 8.32. The average molecular weight is 295 g/mol. The largest absolute Gasteiger partial charge is 0.374 e. The van der Waals surface area contributed by atoms with E-state index in [0.29, 0.717) is 0 Å². The fourth-order valence-electron chi connectivity index (χ4n) is 2.79. The van der Waals surface area contributed by atoms with Crippen molar-refractivity contribution in [1.82, 2.24) is 0 Å². The van der Waals surface area contributed by atoms with Crippen molar-refractivity contribution in [2.45, 2.75) is 12.8 Å². The van der Waals surface area contributed by atoms with Crippen LogP contribution in [0.4, 0.5) is 11.4 Å². The van der Waals surface area contributed by atoms with Gasteiger partial charge in [0.2, 0.25) is 0 Å². The minimum atomic E-state index is 1.10. The summed E-state index contributed by atoms with van der Waals surface area (Å²) in [5.41, 5.74) is 5.00. The highest BCUT2D eigenvalue weighted by Gasteiger charge is 2.14. The Bertz CT molecular complexity index is 676. The molecule has 0 unspecified atom stereocenters. The van der Waals surface area contributed by atoms with Gasteiger partial charge in [0.05, 0.1) is 11.9 Å². The summed E-state index contributed by atoms with van der Waals surface area (Å²) in [5.74, 6) is 0. The molecule has 1 aromatic heterocycles. The summed E-state index contributed by atoms with van der Waals surface area (Å²) in [5, 5.41) is 6.48. The fourth-order valence-corrected chi connectivity index (χ4v) is 2.79. The average Bonchev–Trinajstić information content (AvgIpc) is 2.54. The third-order valence-corrected chi connectivity index (χ3v) is 4.17. The predicted molar refractivity (Wildman–Crippen MR) is 91.6 cm³/mol. The number of pyridine rings is 1. The van der Waals surface area contributed by atoms with Crippen LogP contribution < -0.4 is 14.5 Å². The molecule has 4 nitrogen and oxygen atoms in total. The van der Waals surface area contributed by atoms with Crippen molar-refractivity contribution in [3.05, 3.63) is 53.9 Å². The Morgan fingerprint density at radius 2 is 2.00 bits per heavy atom. The van der Waals surface area contributed by atoms with Gasteiger partial charge >= 0.3 is 0 Å². The van der Waals surface area contributed by atoms with E-state index in [2.05, 4.69) is 47.4 Å². The molecule has 0 bridgehead atoms. The van der Waals surface area contributed by atoms with E-state index in [4.69, 9.17) is 0 Å². The van der Waals surface area contributed by atoms with E-state index in [1.807, 2.05) is 42.3 Å². The third kappa shape index (κ3) is 3.11. The number of hydrogen-bond donors (Lipinski definition) is 0. The molecule has 1 aromatic carbocycles. The second-order valence-electron chi connectivity index (χ2n) is 5.90. The molecule has 0 N–H and O–H groups in total. The summed E-state index contributed by atoms with van der Waals surface area (Å²) >= 11 is 0. The van der Waals surface area contributed by atoms with Crippen molar-refractivity contribution in [2.24, 2.45) is 12.1 Å². The first kappa shape index (κ1) is 14.6. The smallest absolute Gasteiger partial charge is 0.169 e. The van der Waals surface area contributed by atoms with Crippen molar-refractivity contribution >= 4 is 17.6 Å². The van der Waals surface area contributed by atoms with Gasteiger partial charge in [-0.3, -0.25) is 5.01 Å². The number of rotatable bonds is 3. The maximum absolute atomic E-state index is 4.55. The normalized spacial score (nSPS) is 14.2. The molecule has 0 saturated heterocycles. The lowest BCUT2D eigenvalue weighted by atomic mass is 10.0. The molecule has 2 heterocycles. The molecule has 4 heteroatoms. The number of aryl methyl sites for hydroxylation is 2. The van der Waals surface area contributed by atoms with E-state index >= 15 is 0 Å². The Labute approximate surface area is 132 Å². The van der Waals surface area contributed by atoms with Gasteiger partial charge in [0.25, 0.3) is 0 Å². The van der Waals surface area contributed by atoms with Crippen LogP contribution in [0.5, 0.6) is 0 Å². The van der Waals surface area contributed by atoms with Crippen LogP contribution in [-0.2, 0) is 13.5 Å². The van der Waals surface area contributed by atoms with Gasteiger partial charge in [-0.15, -0.1) is 0 Å². The van der Waals surface area contributed by atoms with Gasteiger partial charge in [-0.25, -0.2) is 4.57 Å². The van der Waals surface area contributed by atoms with Crippen LogP contribution in [0.2, 0.25) is 0 Å². The van der Waals surface area contributed by atoms with E-state index in [1.54, 1.807) is 0 Å². The molecule has 0 atom stereocenters. The Morgan fingerprint density at radius 3 is 2.77 bits per heavy atom. The summed E-state index contributed by atoms with van der Waals surface area (Å²) in [7, 11) is 6.17. The van der Waals surface area contributed by atoms with Crippen molar-refractivity contribution in [1.29, 1.82) is 0 Å². The first-order valence-corrected chi connectivity index (χ1v) is 7.70.